The van der Waals surface area contributed by atoms with Crippen LogP contribution in [-0.4, -0.2) is 16.2 Å². The Morgan fingerprint density at radius 3 is 3.18 bits per heavy atom. The van der Waals surface area contributed by atoms with Crippen LogP contribution in [0.2, 0.25) is 0 Å². The van der Waals surface area contributed by atoms with Gasteiger partial charge in [0.2, 0.25) is 5.69 Å². The number of hydrogen-bond acceptors (Lipinski definition) is 6. The summed E-state index contributed by atoms with van der Waals surface area (Å²) in [4.78, 5) is 7.82. The van der Waals surface area contributed by atoms with Gasteiger partial charge in [-0.25, -0.2) is 10.4 Å². The molecule has 2 rings (SSSR count). The van der Waals surface area contributed by atoms with Gasteiger partial charge >= 0.3 is 0 Å². The molecular weight excluding hydrogens is 218 g/mol. The number of nitriles is 1. The third-order valence-corrected chi connectivity index (χ3v) is 1.90. The molecule has 6 nitrogen and oxygen atoms in total. The zero-order chi connectivity index (χ0) is 12.1. The van der Waals surface area contributed by atoms with Gasteiger partial charge < -0.3 is 4.42 Å². The Bertz CT molecular complexity index is 567. The van der Waals surface area contributed by atoms with Crippen molar-refractivity contribution in [3.05, 3.63) is 41.7 Å². The first-order valence-electron chi connectivity index (χ1n) is 4.86. The van der Waals surface area contributed by atoms with E-state index in [4.69, 9.17) is 9.68 Å². The van der Waals surface area contributed by atoms with Crippen molar-refractivity contribution in [3.8, 4) is 6.07 Å². The van der Waals surface area contributed by atoms with Crippen LogP contribution < -0.4 is 5.43 Å². The molecule has 0 spiro atoms. The maximum atomic E-state index is 8.77. The third kappa shape index (κ3) is 2.66. The van der Waals surface area contributed by atoms with E-state index in [0.29, 0.717) is 5.89 Å². The van der Waals surface area contributed by atoms with E-state index in [-0.39, 0.29) is 11.6 Å². The molecule has 0 aliphatic rings. The first kappa shape index (κ1) is 10.8. The number of anilines is 1. The minimum Gasteiger partial charge on any atom is -0.422 e. The Balaban J connectivity index is 2.08. The van der Waals surface area contributed by atoms with E-state index in [2.05, 4.69) is 20.5 Å². The van der Waals surface area contributed by atoms with Crippen molar-refractivity contribution in [1.29, 1.82) is 5.26 Å². The third-order valence-electron chi connectivity index (χ3n) is 1.90. The fourth-order valence-electron chi connectivity index (χ4n) is 1.20. The average Bonchev–Trinajstić information content (AvgIpc) is 2.71. The lowest BCUT2D eigenvalue weighted by Crippen LogP contribution is -1.91. The molecule has 2 aromatic heterocycles. The molecule has 2 heterocycles. The van der Waals surface area contributed by atoms with Crippen LogP contribution in [0.5, 0.6) is 0 Å². The highest BCUT2D eigenvalue weighted by molar-refractivity contribution is 5.79. The van der Waals surface area contributed by atoms with Gasteiger partial charge in [0.1, 0.15) is 6.07 Å². The second-order valence-corrected chi connectivity index (χ2v) is 3.18. The minimum absolute atomic E-state index is 0.186. The van der Waals surface area contributed by atoms with Crippen molar-refractivity contribution in [3.63, 3.8) is 0 Å². The number of oxazole rings is 1. The molecule has 0 unspecified atom stereocenters. The lowest BCUT2D eigenvalue weighted by molar-refractivity contribution is 0.533. The lowest BCUT2D eigenvalue weighted by Gasteiger charge is -1.93. The Labute approximate surface area is 97.6 Å². The van der Waals surface area contributed by atoms with E-state index in [0.717, 1.165) is 5.56 Å². The molecule has 0 amide bonds. The maximum absolute atomic E-state index is 8.77. The molecule has 2 aromatic rings. The van der Waals surface area contributed by atoms with Crippen LogP contribution in [0.4, 0.5) is 5.88 Å². The van der Waals surface area contributed by atoms with Gasteiger partial charge in [0, 0.05) is 24.9 Å². The van der Waals surface area contributed by atoms with Crippen molar-refractivity contribution < 1.29 is 4.42 Å². The first-order chi connectivity index (χ1) is 8.29. The average molecular weight is 227 g/mol. The van der Waals surface area contributed by atoms with Gasteiger partial charge in [-0.05, 0) is 6.07 Å². The van der Waals surface area contributed by atoms with Crippen LogP contribution in [-0.2, 0) is 0 Å². The number of nitrogens with zero attached hydrogens (tertiary/aromatic N) is 4. The molecule has 0 atom stereocenters. The topological polar surface area (TPSA) is 87.1 Å². The van der Waals surface area contributed by atoms with Crippen LogP contribution in [0.25, 0.3) is 0 Å². The maximum Gasteiger partial charge on any atom is 0.252 e. The normalized spacial score (nSPS) is 10.4. The van der Waals surface area contributed by atoms with Gasteiger partial charge in [0.05, 0.1) is 6.21 Å². The summed E-state index contributed by atoms with van der Waals surface area (Å²) < 4.78 is 5.17. The van der Waals surface area contributed by atoms with Gasteiger partial charge in [-0.3, -0.25) is 4.98 Å². The fraction of sp³-hybridized carbons (Fsp3) is 0.0909. The van der Waals surface area contributed by atoms with Crippen LogP contribution >= 0.6 is 0 Å². The molecular formula is C11H9N5O. The molecule has 1 N–H and O–H groups in total. The fourth-order valence-corrected chi connectivity index (χ4v) is 1.20. The Kier molecular flexibility index (Phi) is 3.12. The van der Waals surface area contributed by atoms with Gasteiger partial charge in [0.25, 0.3) is 5.88 Å². The number of rotatable bonds is 3. The number of pyridine rings is 1. The molecule has 0 bridgehead atoms. The molecule has 0 aliphatic carbocycles. The second-order valence-electron chi connectivity index (χ2n) is 3.18. The van der Waals surface area contributed by atoms with Gasteiger partial charge in [-0.2, -0.15) is 10.4 Å². The van der Waals surface area contributed by atoms with Crippen LogP contribution in [0.1, 0.15) is 17.1 Å². The van der Waals surface area contributed by atoms with Crippen molar-refractivity contribution in [2.75, 3.05) is 5.43 Å². The number of hydrogen-bond donors (Lipinski definition) is 1. The Morgan fingerprint density at radius 2 is 2.47 bits per heavy atom. The molecule has 0 fully saturated rings. The molecule has 6 heteroatoms. The predicted molar refractivity (Wildman–Crippen MR) is 61.4 cm³/mol. The van der Waals surface area contributed by atoms with Crippen molar-refractivity contribution in [1.82, 2.24) is 9.97 Å². The zero-order valence-electron chi connectivity index (χ0n) is 9.08. The van der Waals surface area contributed by atoms with E-state index < -0.39 is 0 Å². The highest BCUT2D eigenvalue weighted by Crippen LogP contribution is 2.15. The van der Waals surface area contributed by atoms with Crippen LogP contribution in [0.15, 0.2) is 34.0 Å². The van der Waals surface area contributed by atoms with Crippen molar-refractivity contribution in [2.45, 2.75) is 6.92 Å². The van der Waals surface area contributed by atoms with Crippen LogP contribution in [0.3, 0.4) is 0 Å². The minimum atomic E-state index is 0.186. The summed E-state index contributed by atoms with van der Waals surface area (Å²) in [7, 11) is 0. The van der Waals surface area contributed by atoms with E-state index in [1.807, 2.05) is 12.1 Å². The summed E-state index contributed by atoms with van der Waals surface area (Å²) in [6.45, 7) is 1.66. The summed E-state index contributed by atoms with van der Waals surface area (Å²) in [5.74, 6) is 0.658. The molecule has 0 saturated carbocycles. The monoisotopic (exact) mass is 227 g/mol. The van der Waals surface area contributed by atoms with E-state index in [1.54, 1.807) is 31.6 Å². The largest absolute Gasteiger partial charge is 0.422 e. The summed E-state index contributed by atoms with van der Waals surface area (Å²) >= 11 is 0. The van der Waals surface area contributed by atoms with E-state index in [1.165, 1.54) is 0 Å². The smallest absolute Gasteiger partial charge is 0.252 e. The van der Waals surface area contributed by atoms with Crippen LogP contribution in [0, 0.1) is 18.3 Å². The standard InChI is InChI=1S/C11H9N5O/c1-8-15-10(5-12)11(17-8)16-14-7-9-3-2-4-13-6-9/h2-4,6-7,16H,1H3/b14-7+. The van der Waals surface area contributed by atoms with E-state index >= 15 is 0 Å². The highest BCUT2D eigenvalue weighted by atomic mass is 16.4. The highest BCUT2D eigenvalue weighted by Gasteiger charge is 2.08. The van der Waals surface area contributed by atoms with Gasteiger partial charge in [-0.1, -0.05) is 6.07 Å². The molecule has 0 aromatic carbocycles. The lowest BCUT2D eigenvalue weighted by atomic mass is 10.3. The van der Waals surface area contributed by atoms with Gasteiger partial charge in [0.15, 0.2) is 5.89 Å². The summed E-state index contributed by atoms with van der Waals surface area (Å²) in [5, 5.41) is 12.7. The van der Waals surface area contributed by atoms with Crippen molar-refractivity contribution in [2.24, 2.45) is 5.10 Å². The summed E-state index contributed by atoms with van der Waals surface area (Å²) in [6.07, 6.45) is 4.92. The molecule has 0 aliphatic heterocycles. The molecule has 0 saturated heterocycles. The Morgan fingerprint density at radius 1 is 1.59 bits per heavy atom. The number of aryl methyl sites for hydroxylation is 1. The summed E-state index contributed by atoms with van der Waals surface area (Å²) in [6, 6.07) is 5.57. The van der Waals surface area contributed by atoms with Gasteiger partial charge in [-0.15, -0.1) is 0 Å². The van der Waals surface area contributed by atoms with Crippen molar-refractivity contribution >= 4 is 12.1 Å². The zero-order valence-corrected chi connectivity index (χ0v) is 9.08. The van der Waals surface area contributed by atoms with E-state index in [9.17, 15) is 0 Å². The molecule has 84 valence electrons. The first-order valence-corrected chi connectivity index (χ1v) is 4.86. The second kappa shape index (κ2) is 4.90. The number of nitrogens with one attached hydrogen (secondary N) is 1. The molecule has 0 radical (unpaired) electrons. The SMILES string of the molecule is Cc1nc(C#N)c(N/N=C/c2cccnc2)o1. The number of aromatic nitrogens is 2. The number of hydrazone groups is 1. The molecule has 17 heavy (non-hydrogen) atoms. The predicted octanol–water partition coefficient (Wildman–Crippen LogP) is 1.70. The Hall–Kier alpha value is -2.68. The summed E-state index contributed by atoms with van der Waals surface area (Å²) in [5.41, 5.74) is 3.65. The quantitative estimate of drug-likeness (QED) is 0.636.